The fourth-order valence-corrected chi connectivity index (χ4v) is 2.94. The summed E-state index contributed by atoms with van der Waals surface area (Å²) < 4.78 is 0.964. The van der Waals surface area contributed by atoms with Crippen LogP contribution in [0.4, 0.5) is 11.4 Å². The van der Waals surface area contributed by atoms with Crippen LogP contribution in [0.3, 0.4) is 0 Å². The standard InChI is InChI=1S/C17H15BrN2O3/c1-11-2-7-14(10-15(11)20(22)23)19-16(21)17(8-9-17)12-3-5-13(18)6-4-12/h2-7,10H,8-9H2,1H3,(H,19,21). The number of carbonyl (C=O) groups excluding carboxylic acids is 1. The lowest BCUT2D eigenvalue weighted by Crippen LogP contribution is -2.27. The van der Waals surface area contributed by atoms with E-state index >= 15 is 0 Å². The van der Waals surface area contributed by atoms with Gasteiger partial charge in [-0.15, -0.1) is 0 Å². The Balaban J connectivity index is 1.83. The molecular formula is C17H15BrN2O3. The topological polar surface area (TPSA) is 72.2 Å². The number of benzene rings is 2. The van der Waals surface area contributed by atoms with Crippen molar-refractivity contribution in [3.63, 3.8) is 0 Å². The van der Waals surface area contributed by atoms with Gasteiger partial charge in [0, 0.05) is 21.8 Å². The van der Waals surface area contributed by atoms with Gasteiger partial charge in [0.15, 0.2) is 0 Å². The van der Waals surface area contributed by atoms with E-state index in [0.717, 1.165) is 22.9 Å². The molecule has 0 radical (unpaired) electrons. The number of nitro benzene ring substituents is 1. The van der Waals surface area contributed by atoms with Gasteiger partial charge in [-0.05, 0) is 43.5 Å². The summed E-state index contributed by atoms with van der Waals surface area (Å²) >= 11 is 3.39. The third-order valence-electron chi connectivity index (χ3n) is 4.25. The van der Waals surface area contributed by atoms with Gasteiger partial charge in [-0.3, -0.25) is 14.9 Å². The zero-order valence-electron chi connectivity index (χ0n) is 12.5. The number of amides is 1. The molecule has 2 aromatic rings. The highest BCUT2D eigenvalue weighted by atomic mass is 79.9. The molecule has 0 spiro atoms. The van der Waals surface area contributed by atoms with E-state index in [9.17, 15) is 14.9 Å². The fourth-order valence-electron chi connectivity index (χ4n) is 2.68. The fraction of sp³-hybridized carbons (Fsp3) is 0.235. The lowest BCUT2D eigenvalue weighted by molar-refractivity contribution is -0.385. The van der Waals surface area contributed by atoms with Gasteiger partial charge < -0.3 is 5.32 Å². The molecular weight excluding hydrogens is 360 g/mol. The van der Waals surface area contributed by atoms with Crippen molar-refractivity contribution in [2.45, 2.75) is 25.2 Å². The maximum Gasteiger partial charge on any atom is 0.274 e. The summed E-state index contributed by atoms with van der Waals surface area (Å²) in [5, 5.41) is 13.8. The third kappa shape index (κ3) is 2.99. The summed E-state index contributed by atoms with van der Waals surface area (Å²) in [6, 6.07) is 12.5. The van der Waals surface area contributed by atoms with E-state index in [4.69, 9.17) is 0 Å². The normalized spacial score (nSPS) is 15.0. The molecule has 1 N–H and O–H groups in total. The van der Waals surface area contributed by atoms with Crippen LogP contribution in [0.1, 0.15) is 24.0 Å². The van der Waals surface area contributed by atoms with E-state index in [2.05, 4.69) is 21.2 Å². The first-order valence-corrected chi connectivity index (χ1v) is 8.04. The van der Waals surface area contributed by atoms with E-state index in [1.807, 2.05) is 24.3 Å². The van der Waals surface area contributed by atoms with Crippen LogP contribution in [0.25, 0.3) is 0 Å². The Labute approximate surface area is 142 Å². The molecule has 1 saturated carbocycles. The Kier molecular flexibility index (Phi) is 3.93. The van der Waals surface area contributed by atoms with Crippen molar-refractivity contribution in [1.82, 2.24) is 0 Å². The highest BCUT2D eigenvalue weighted by Crippen LogP contribution is 2.49. The van der Waals surface area contributed by atoms with Gasteiger partial charge in [0.05, 0.1) is 10.3 Å². The second-order valence-corrected chi connectivity index (χ2v) is 6.72. The molecule has 2 aromatic carbocycles. The molecule has 23 heavy (non-hydrogen) atoms. The molecule has 0 saturated heterocycles. The Morgan fingerprint density at radius 2 is 1.87 bits per heavy atom. The van der Waals surface area contributed by atoms with Crippen molar-refractivity contribution in [1.29, 1.82) is 0 Å². The molecule has 118 valence electrons. The van der Waals surface area contributed by atoms with Crippen LogP contribution in [0.15, 0.2) is 46.9 Å². The van der Waals surface area contributed by atoms with Crippen molar-refractivity contribution in [2.75, 3.05) is 5.32 Å². The monoisotopic (exact) mass is 374 g/mol. The van der Waals surface area contributed by atoms with E-state index < -0.39 is 10.3 Å². The molecule has 1 aliphatic carbocycles. The molecule has 0 aromatic heterocycles. The molecule has 0 aliphatic heterocycles. The van der Waals surface area contributed by atoms with E-state index in [1.54, 1.807) is 19.1 Å². The van der Waals surface area contributed by atoms with E-state index in [-0.39, 0.29) is 11.6 Å². The van der Waals surface area contributed by atoms with Crippen LogP contribution in [-0.4, -0.2) is 10.8 Å². The number of halogens is 1. The largest absolute Gasteiger partial charge is 0.325 e. The van der Waals surface area contributed by atoms with Gasteiger partial charge >= 0.3 is 0 Å². The van der Waals surface area contributed by atoms with Crippen LogP contribution in [0, 0.1) is 17.0 Å². The lowest BCUT2D eigenvalue weighted by atomic mass is 9.95. The Hall–Kier alpha value is -2.21. The number of nitro groups is 1. The minimum absolute atomic E-state index is 0.0105. The predicted octanol–water partition coefficient (Wildman–Crippen LogP) is 4.34. The smallest absolute Gasteiger partial charge is 0.274 e. The summed E-state index contributed by atoms with van der Waals surface area (Å²) in [7, 11) is 0. The number of nitrogens with zero attached hydrogens (tertiary/aromatic N) is 1. The molecule has 0 bridgehead atoms. The number of hydrogen-bond acceptors (Lipinski definition) is 3. The average molecular weight is 375 g/mol. The van der Waals surface area contributed by atoms with Crippen LogP contribution >= 0.6 is 15.9 Å². The number of carbonyl (C=O) groups is 1. The van der Waals surface area contributed by atoms with Crippen molar-refractivity contribution in [3.8, 4) is 0 Å². The van der Waals surface area contributed by atoms with Gasteiger partial charge in [0.2, 0.25) is 5.91 Å². The summed E-state index contributed by atoms with van der Waals surface area (Å²) in [4.78, 5) is 23.2. The van der Waals surface area contributed by atoms with Gasteiger partial charge in [0.1, 0.15) is 0 Å². The molecule has 6 heteroatoms. The predicted molar refractivity (Wildman–Crippen MR) is 91.5 cm³/mol. The first-order valence-electron chi connectivity index (χ1n) is 7.25. The highest BCUT2D eigenvalue weighted by molar-refractivity contribution is 9.10. The van der Waals surface area contributed by atoms with Crippen molar-refractivity contribution in [3.05, 3.63) is 68.2 Å². The Bertz CT molecular complexity index is 783. The third-order valence-corrected chi connectivity index (χ3v) is 4.77. The van der Waals surface area contributed by atoms with Gasteiger partial charge in [-0.25, -0.2) is 0 Å². The second-order valence-electron chi connectivity index (χ2n) is 5.80. The molecule has 1 aliphatic rings. The zero-order valence-corrected chi connectivity index (χ0v) is 14.1. The summed E-state index contributed by atoms with van der Waals surface area (Å²) in [6.07, 6.45) is 1.57. The molecule has 0 atom stereocenters. The quantitative estimate of drug-likeness (QED) is 0.638. The van der Waals surface area contributed by atoms with Crippen LogP contribution in [-0.2, 0) is 10.2 Å². The van der Waals surface area contributed by atoms with E-state index in [1.165, 1.54) is 6.07 Å². The van der Waals surface area contributed by atoms with Crippen LogP contribution in [0.5, 0.6) is 0 Å². The van der Waals surface area contributed by atoms with Gasteiger partial charge in [0.25, 0.3) is 5.69 Å². The number of hydrogen-bond donors (Lipinski definition) is 1. The minimum Gasteiger partial charge on any atom is -0.325 e. The van der Waals surface area contributed by atoms with Crippen LogP contribution < -0.4 is 5.32 Å². The van der Waals surface area contributed by atoms with Crippen molar-refractivity contribution in [2.24, 2.45) is 0 Å². The maximum absolute atomic E-state index is 12.7. The summed E-state index contributed by atoms with van der Waals surface area (Å²) in [6.45, 7) is 1.67. The van der Waals surface area contributed by atoms with E-state index in [0.29, 0.717) is 11.3 Å². The SMILES string of the molecule is Cc1ccc(NC(=O)C2(c3ccc(Br)cc3)CC2)cc1[N+](=O)[O-]. The van der Waals surface area contributed by atoms with Crippen molar-refractivity contribution >= 4 is 33.2 Å². The molecule has 0 unspecified atom stereocenters. The number of aryl methyl sites for hydroxylation is 1. The Morgan fingerprint density at radius 3 is 2.43 bits per heavy atom. The maximum atomic E-state index is 12.7. The highest BCUT2D eigenvalue weighted by Gasteiger charge is 2.51. The van der Waals surface area contributed by atoms with Crippen LogP contribution in [0.2, 0.25) is 0 Å². The van der Waals surface area contributed by atoms with Gasteiger partial charge in [-0.2, -0.15) is 0 Å². The number of rotatable bonds is 4. The Morgan fingerprint density at radius 1 is 1.22 bits per heavy atom. The first-order chi connectivity index (χ1) is 10.9. The first kappa shape index (κ1) is 15.7. The zero-order chi connectivity index (χ0) is 16.6. The molecule has 1 fully saturated rings. The lowest BCUT2D eigenvalue weighted by Gasteiger charge is -2.16. The molecule has 5 nitrogen and oxygen atoms in total. The number of nitrogens with one attached hydrogen (secondary N) is 1. The molecule has 1 amide bonds. The molecule has 0 heterocycles. The van der Waals surface area contributed by atoms with Crippen molar-refractivity contribution < 1.29 is 9.72 Å². The van der Waals surface area contributed by atoms with Gasteiger partial charge in [-0.1, -0.05) is 34.1 Å². The summed E-state index contributed by atoms with van der Waals surface area (Å²) in [5.74, 6) is -0.113. The number of anilines is 1. The summed E-state index contributed by atoms with van der Waals surface area (Å²) in [5.41, 5.74) is 1.49. The molecule has 3 rings (SSSR count). The minimum atomic E-state index is -0.514. The second kappa shape index (κ2) is 5.77. The average Bonchev–Trinajstić information content (AvgIpc) is 3.31.